The fourth-order valence-corrected chi connectivity index (χ4v) is 12.6. The summed E-state index contributed by atoms with van der Waals surface area (Å²) in [4.78, 5) is 12.3. The second kappa shape index (κ2) is 22.2. The molecule has 5 rings (SSSR count). The van der Waals surface area contributed by atoms with Gasteiger partial charge >= 0.3 is 0 Å². The van der Waals surface area contributed by atoms with Crippen molar-refractivity contribution in [2.75, 3.05) is 72.0 Å². The molecule has 0 fully saturated rings. The van der Waals surface area contributed by atoms with Crippen molar-refractivity contribution in [3.63, 3.8) is 0 Å². The van der Waals surface area contributed by atoms with Crippen molar-refractivity contribution in [3.05, 3.63) is 118 Å². The van der Waals surface area contributed by atoms with Crippen LogP contribution in [0.1, 0.15) is 118 Å². The molecule has 4 aromatic carbocycles. The summed E-state index contributed by atoms with van der Waals surface area (Å²) in [6.07, 6.45) is 8.87. The monoisotopic (exact) mass is 817 g/mol. The topological polar surface area (TPSA) is 65.0 Å². The van der Waals surface area contributed by atoms with E-state index in [9.17, 15) is 0 Å². The number of benzene rings is 4. The normalized spacial score (nSPS) is 14.2. The molecule has 0 amide bonds. The first kappa shape index (κ1) is 45.6. The molecule has 4 aromatic rings. The average Bonchev–Trinajstić information content (AvgIpc) is 3.49. The SMILES string of the molecule is CCCN(CCC)c1ccc(C2=C(N)S(c3ccc(N(CCC)CCC)cc3)(c3ccc(N(CCC)CCC)cc3)C(N)=C2c2ccc(N(CCC)CCC)cc2)cc1. The molecule has 0 radical (unpaired) electrons. The van der Waals surface area contributed by atoms with Crippen LogP contribution in [0.5, 0.6) is 0 Å². The fraction of sp³-hybridized carbons (Fsp3) is 0.462. The molecule has 0 saturated heterocycles. The maximum atomic E-state index is 7.86. The van der Waals surface area contributed by atoms with Gasteiger partial charge in [0, 0.05) is 96.0 Å². The van der Waals surface area contributed by atoms with Gasteiger partial charge in [0.2, 0.25) is 0 Å². The Morgan fingerprint density at radius 2 is 0.525 bits per heavy atom. The van der Waals surface area contributed by atoms with E-state index in [0.29, 0.717) is 0 Å². The smallest absolute Gasteiger partial charge is 0.0705 e. The van der Waals surface area contributed by atoms with Gasteiger partial charge in [-0.15, -0.1) is 10.0 Å². The average molecular weight is 817 g/mol. The van der Waals surface area contributed by atoms with Crippen LogP contribution in [0.15, 0.2) is 117 Å². The molecule has 0 unspecified atom stereocenters. The summed E-state index contributed by atoms with van der Waals surface area (Å²) in [6, 6.07) is 36.8. The fourth-order valence-electron chi connectivity index (χ4n) is 8.93. The zero-order valence-electron chi connectivity index (χ0n) is 37.9. The number of anilines is 4. The maximum absolute atomic E-state index is 7.86. The molecule has 1 aliphatic rings. The summed E-state index contributed by atoms with van der Waals surface area (Å²) < 4.78 is 0. The number of nitrogens with zero attached hydrogens (tertiary/aromatic N) is 4. The number of allylic oxidation sites excluding steroid dienone is 2. The molecule has 1 heterocycles. The molecular weight excluding hydrogens is 741 g/mol. The summed E-state index contributed by atoms with van der Waals surface area (Å²) in [7, 11) is -2.24. The summed E-state index contributed by atoms with van der Waals surface area (Å²) in [6.45, 7) is 26.4. The molecule has 7 heteroatoms. The highest BCUT2D eigenvalue weighted by Crippen LogP contribution is 2.77. The quantitative estimate of drug-likeness (QED) is 0.0734. The highest BCUT2D eigenvalue weighted by molar-refractivity contribution is 8.40. The lowest BCUT2D eigenvalue weighted by Gasteiger charge is -2.40. The van der Waals surface area contributed by atoms with Gasteiger partial charge in [-0.2, -0.15) is 0 Å². The van der Waals surface area contributed by atoms with Gasteiger partial charge in [0.15, 0.2) is 0 Å². The Balaban J connectivity index is 1.79. The predicted octanol–water partition coefficient (Wildman–Crippen LogP) is 13.1. The minimum absolute atomic E-state index is 0.859. The van der Waals surface area contributed by atoms with E-state index in [1.807, 2.05) is 0 Å². The van der Waals surface area contributed by atoms with Gasteiger partial charge in [-0.1, -0.05) is 79.7 Å². The Morgan fingerprint density at radius 1 is 0.322 bits per heavy atom. The van der Waals surface area contributed by atoms with Crippen LogP contribution < -0.4 is 31.1 Å². The van der Waals surface area contributed by atoms with Crippen LogP contribution in [-0.4, -0.2) is 52.4 Å². The van der Waals surface area contributed by atoms with Gasteiger partial charge in [0.25, 0.3) is 0 Å². The molecule has 4 N–H and O–H groups in total. The molecule has 0 bridgehead atoms. The van der Waals surface area contributed by atoms with Crippen LogP contribution in [0, 0.1) is 0 Å². The van der Waals surface area contributed by atoms with Crippen molar-refractivity contribution >= 4 is 43.9 Å². The van der Waals surface area contributed by atoms with Crippen molar-refractivity contribution in [2.45, 2.75) is 117 Å². The Kier molecular flexibility index (Phi) is 17.2. The van der Waals surface area contributed by atoms with Crippen molar-refractivity contribution in [1.82, 2.24) is 0 Å². The Labute approximate surface area is 360 Å². The van der Waals surface area contributed by atoms with Gasteiger partial charge in [-0.25, -0.2) is 0 Å². The summed E-state index contributed by atoms with van der Waals surface area (Å²) in [5, 5.41) is 1.72. The summed E-state index contributed by atoms with van der Waals surface area (Å²) in [5.74, 6) is 0. The van der Waals surface area contributed by atoms with E-state index in [4.69, 9.17) is 11.5 Å². The lowest BCUT2D eigenvalue weighted by atomic mass is 9.93. The van der Waals surface area contributed by atoms with Crippen LogP contribution in [0.2, 0.25) is 0 Å². The van der Waals surface area contributed by atoms with Crippen LogP contribution >= 0.6 is 10.0 Å². The Hall–Kier alpha value is -4.49. The van der Waals surface area contributed by atoms with E-state index < -0.39 is 10.0 Å². The number of hydrogen-bond acceptors (Lipinski definition) is 6. The number of rotatable bonds is 24. The summed E-state index contributed by atoms with van der Waals surface area (Å²) in [5.41, 5.74) is 25.1. The lowest BCUT2D eigenvalue weighted by molar-refractivity contribution is 0.744. The molecule has 0 spiro atoms. The van der Waals surface area contributed by atoms with Crippen molar-refractivity contribution in [3.8, 4) is 0 Å². The first-order valence-corrected chi connectivity index (χ1v) is 24.6. The highest BCUT2D eigenvalue weighted by Gasteiger charge is 2.44. The molecule has 0 saturated carbocycles. The molecule has 0 aromatic heterocycles. The van der Waals surface area contributed by atoms with Crippen LogP contribution in [0.25, 0.3) is 11.1 Å². The first-order valence-electron chi connectivity index (χ1n) is 23.0. The second-order valence-electron chi connectivity index (χ2n) is 16.1. The summed E-state index contributed by atoms with van der Waals surface area (Å²) >= 11 is 0. The first-order chi connectivity index (χ1) is 28.8. The maximum Gasteiger partial charge on any atom is 0.0705 e. The third kappa shape index (κ3) is 9.94. The molecule has 1 aliphatic heterocycles. The third-order valence-corrected chi connectivity index (χ3v) is 15.2. The second-order valence-corrected chi connectivity index (χ2v) is 19.2. The molecule has 0 atom stereocenters. The minimum atomic E-state index is -2.24. The van der Waals surface area contributed by atoms with Crippen molar-refractivity contribution in [1.29, 1.82) is 0 Å². The van der Waals surface area contributed by atoms with Gasteiger partial charge < -0.3 is 31.1 Å². The van der Waals surface area contributed by atoms with Crippen LogP contribution in [-0.2, 0) is 0 Å². The van der Waals surface area contributed by atoms with Crippen molar-refractivity contribution in [2.24, 2.45) is 11.5 Å². The predicted molar refractivity (Wildman–Crippen MR) is 263 cm³/mol. The van der Waals surface area contributed by atoms with E-state index in [0.717, 1.165) is 136 Å². The van der Waals surface area contributed by atoms with E-state index in [1.165, 1.54) is 32.5 Å². The molecule has 59 heavy (non-hydrogen) atoms. The zero-order valence-corrected chi connectivity index (χ0v) is 38.7. The lowest BCUT2D eigenvalue weighted by Crippen LogP contribution is -2.25. The van der Waals surface area contributed by atoms with Gasteiger partial charge in [-0.3, -0.25) is 0 Å². The third-order valence-electron chi connectivity index (χ3n) is 11.5. The Morgan fingerprint density at radius 3 is 0.729 bits per heavy atom. The molecule has 320 valence electrons. The van der Waals surface area contributed by atoms with E-state index >= 15 is 0 Å². The molecule has 0 aliphatic carbocycles. The van der Waals surface area contributed by atoms with E-state index in [2.05, 4.69) is 172 Å². The minimum Gasteiger partial charge on any atom is -0.393 e. The standard InChI is InChI=1S/C52H76N6S/c1-9-33-55(34-10-2)43-21-17-41(18-22-43)49-50(42-19-23-44(24-20-42)56(35-11-3)36-12-4)52(54)59(51(49)53,47-29-25-45(26-30-47)57(37-13-5)38-14-6)48-31-27-46(28-32-48)58(39-15-7)40-16-8/h17-32H,9-16,33-40,53-54H2,1-8H3. The largest absolute Gasteiger partial charge is 0.393 e. The zero-order chi connectivity index (χ0) is 42.4. The molecular formula is C52H76N6S. The van der Waals surface area contributed by atoms with Crippen molar-refractivity contribution < 1.29 is 0 Å². The Bertz CT molecular complexity index is 1760. The van der Waals surface area contributed by atoms with Crippen LogP contribution in [0.4, 0.5) is 22.7 Å². The number of nitrogens with two attached hydrogens (primary N) is 2. The van der Waals surface area contributed by atoms with E-state index in [-0.39, 0.29) is 0 Å². The van der Waals surface area contributed by atoms with Gasteiger partial charge in [0.05, 0.1) is 10.1 Å². The van der Waals surface area contributed by atoms with Crippen LogP contribution in [0.3, 0.4) is 0 Å². The molecule has 6 nitrogen and oxygen atoms in total. The van der Waals surface area contributed by atoms with Gasteiger partial charge in [-0.05, 0) is 135 Å². The van der Waals surface area contributed by atoms with Gasteiger partial charge in [0.1, 0.15) is 0 Å². The highest BCUT2D eigenvalue weighted by atomic mass is 32.3. The number of hydrogen-bond donors (Lipinski definition) is 2. The van der Waals surface area contributed by atoms with E-state index in [1.54, 1.807) is 0 Å².